The maximum atomic E-state index is 5.87. The van der Waals surface area contributed by atoms with E-state index in [0.717, 1.165) is 18.1 Å². The molecule has 3 heteroatoms. The van der Waals surface area contributed by atoms with Gasteiger partial charge in [-0.1, -0.05) is 30.2 Å². The van der Waals surface area contributed by atoms with E-state index in [1.165, 1.54) is 50.9 Å². The Labute approximate surface area is 115 Å². The van der Waals surface area contributed by atoms with Crippen molar-refractivity contribution in [3.63, 3.8) is 0 Å². The second kappa shape index (κ2) is 7.78. The summed E-state index contributed by atoms with van der Waals surface area (Å²) in [4.78, 5) is 2.57. The third-order valence-corrected chi connectivity index (χ3v) is 3.81. The number of rotatable bonds is 6. The van der Waals surface area contributed by atoms with E-state index in [9.17, 15) is 0 Å². The number of piperazine rings is 1. The average molecular weight is 267 g/mol. The van der Waals surface area contributed by atoms with Crippen molar-refractivity contribution >= 4 is 11.6 Å². The van der Waals surface area contributed by atoms with Crippen molar-refractivity contribution in [2.45, 2.75) is 25.7 Å². The monoisotopic (exact) mass is 266 g/mol. The zero-order valence-electron chi connectivity index (χ0n) is 11.0. The highest BCUT2D eigenvalue weighted by atomic mass is 35.5. The lowest BCUT2D eigenvalue weighted by Gasteiger charge is -2.27. The van der Waals surface area contributed by atoms with E-state index in [4.69, 9.17) is 11.6 Å². The summed E-state index contributed by atoms with van der Waals surface area (Å²) >= 11 is 5.87. The zero-order valence-corrected chi connectivity index (χ0v) is 11.8. The maximum absolute atomic E-state index is 5.87. The van der Waals surface area contributed by atoms with Crippen molar-refractivity contribution in [1.29, 1.82) is 0 Å². The van der Waals surface area contributed by atoms with Gasteiger partial charge in [-0.05, 0) is 43.5 Å². The van der Waals surface area contributed by atoms with Gasteiger partial charge < -0.3 is 10.2 Å². The van der Waals surface area contributed by atoms with Crippen molar-refractivity contribution in [3.8, 4) is 0 Å². The van der Waals surface area contributed by atoms with Gasteiger partial charge in [0.15, 0.2) is 0 Å². The fourth-order valence-corrected chi connectivity index (χ4v) is 2.55. The molecule has 18 heavy (non-hydrogen) atoms. The molecule has 1 aliphatic rings. The Kier molecular flexibility index (Phi) is 5.98. The topological polar surface area (TPSA) is 15.3 Å². The molecular weight excluding hydrogens is 244 g/mol. The lowest BCUT2D eigenvalue weighted by molar-refractivity contribution is 0.236. The summed E-state index contributed by atoms with van der Waals surface area (Å²) in [5, 5.41) is 4.22. The first kappa shape index (κ1) is 13.9. The number of unbranched alkanes of at least 4 members (excludes halogenated alkanes) is 2. The van der Waals surface area contributed by atoms with E-state index >= 15 is 0 Å². The van der Waals surface area contributed by atoms with Gasteiger partial charge in [0.1, 0.15) is 0 Å². The molecule has 100 valence electrons. The quantitative estimate of drug-likeness (QED) is 0.797. The molecule has 0 atom stereocenters. The number of nitrogens with zero attached hydrogens (tertiary/aromatic N) is 1. The molecule has 2 nitrogen and oxygen atoms in total. The number of hydrogen-bond donors (Lipinski definition) is 1. The molecule has 0 bridgehead atoms. The molecule has 0 radical (unpaired) electrons. The zero-order chi connectivity index (χ0) is 12.6. The van der Waals surface area contributed by atoms with E-state index in [-0.39, 0.29) is 0 Å². The fraction of sp³-hybridized carbons (Fsp3) is 0.600. The van der Waals surface area contributed by atoms with Crippen LogP contribution in [0.2, 0.25) is 5.02 Å². The van der Waals surface area contributed by atoms with Crippen LogP contribution >= 0.6 is 11.6 Å². The van der Waals surface area contributed by atoms with Gasteiger partial charge >= 0.3 is 0 Å². The molecule has 0 unspecified atom stereocenters. The minimum absolute atomic E-state index is 0.831. The molecule has 0 saturated carbocycles. The summed E-state index contributed by atoms with van der Waals surface area (Å²) in [6, 6.07) is 8.24. The Balaban J connectivity index is 1.54. The summed E-state index contributed by atoms with van der Waals surface area (Å²) in [5.74, 6) is 0. The van der Waals surface area contributed by atoms with Gasteiger partial charge in [0.2, 0.25) is 0 Å². The Bertz CT molecular complexity index is 331. The highest BCUT2D eigenvalue weighted by Gasteiger charge is 2.07. The standard InChI is InChI=1S/C15H23ClN2/c16-15-7-5-14(6-8-15)4-2-1-3-11-18-12-9-17-10-13-18/h5-8,17H,1-4,9-13H2. The van der Waals surface area contributed by atoms with E-state index < -0.39 is 0 Å². The predicted molar refractivity (Wildman–Crippen MR) is 78.3 cm³/mol. The van der Waals surface area contributed by atoms with Gasteiger partial charge in [-0.25, -0.2) is 0 Å². The lowest BCUT2D eigenvalue weighted by Crippen LogP contribution is -2.43. The Morgan fingerprint density at radius 2 is 1.72 bits per heavy atom. The summed E-state index contributed by atoms with van der Waals surface area (Å²) in [6.45, 7) is 6.02. The first-order valence-corrected chi connectivity index (χ1v) is 7.40. The molecule has 1 heterocycles. The van der Waals surface area contributed by atoms with Gasteiger partial charge in [0, 0.05) is 31.2 Å². The van der Waals surface area contributed by atoms with Crippen molar-refractivity contribution in [3.05, 3.63) is 34.9 Å². The predicted octanol–water partition coefficient (Wildman–Crippen LogP) is 2.96. The molecule has 1 aliphatic heterocycles. The van der Waals surface area contributed by atoms with Crippen LogP contribution in [0.4, 0.5) is 0 Å². The summed E-state index contributed by atoms with van der Waals surface area (Å²) < 4.78 is 0. The van der Waals surface area contributed by atoms with Crippen LogP contribution in [0.15, 0.2) is 24.3 Å². The molecule has 0 aliphatic carbocycles. The van der Waals surface area contributed by atoms with Crippen LogP contribution in [0.5, 0.6) is 0 Å². The molecule has 1 saturated heterocycles. The second-order valence-corrected chi connectivity index (χ2v) is 5.47. The third-order valence-electron chi connectivity index (χ3n) is 3.56. The largest absolute Gasteiger partial charge is 0.314 e. The van der Waals surface area contributed by atoms with Crippen LogP contribution in [0.25, 0.3) is 0 Å². The van der Waals surface area contributed by atoms with Crippen molar-refractivity contribution in [2.75, 3.05) is 32.7 Å². The number of halogens is 1. The lowest BCUT2D eigenvalue weighted by atomic mass is 10.1. The minimum atomic E-state index is 0.831. The number of benzene rings is 1. The van der Waals surface area contributed by atoms with Gasteiger partial charge in [-0.15, -0.1) is 0 Å². The van der Waals surface area contributed by atoms with Crippen LogP contribution in [-0.2, 0) is 6.42 Å². The minimum Gasteiger partial charge on any atom is -0.314 e. The van der Waals surface area contributed by atoms with Crippen molar-refractivity contribution < 1.29 is 0 Å². The smallest absolute Gasteiger partial charge is 0.0406 e. The molecule has 2 rings (SSSR count). The van der Waals surface area contributed by atoms with Gasteiger partial charge in [0.05, 0.1) is 0 Å². The van der Waals surface area contributed by atoms with Crippen LogP contribution in [0, 0.1) is 0 Å². The van der Waals surface area contributed by atoms with Crippen molar-refractivity contribution in [2.24, 2.45) is 0 Å². The molecule has 1 aromatic carbocycles. The third kappa shape index (κ3) is 4.97. The van der Waals surface area contributed by atoms with Gasteiger partial charge in [0.25, 0.3) is 0 Å². The maximum Gasteiger partial charge on any atom is 0.0406 e. The molecule has 1 fully saturated rings. The Hall–Kier alpha value is -0.570. The molecule has 1 aromatic rings. The van der Waals surface area contributed by atoms with Gasteiger partial charge in [-0.3, -0.25) is 0 Å². The summed E-state index contributed by atoms with van der Waals surface area (Å²) in [7, 11) is 0. The average Bonchev–Trinajstić information content (AvgIpc) is 2.42. The SMILES string of the molecule is Clc1ccc(CCCCCN2CCNCC2)cc1. The molecule has 1 N–H and O–H groups in total. The van der Waals surface area contributed by atoms with Crippen LogP contribution in [0.3, 0.4) is 0 Å². The van der Waals surface area contributed by atoms with Crippen LogP contribution in [0.1, 0.15) is 24.8 Å². The van der Waals surface area contributed by atoms with E-state index in [2.05, 4.69) is 22.3 Å². The Morgan fingerprint density at radius 3 is 2.44 bits per heavy atom. The fourth-order valence-electron chi connectivity index (χ4n) is 2.43. The molecule has 0 aromatic heterocycles. The highest BCUT2D eigenvalue weighted by Crippen LogP contribution is 2.12. The molecule has 0 amide bonds. The summed E-state index contributed by atoms with van der Waals surface area (Å²) in [5.41, 5.74) is 1.40. The van der Waals surface area contributed by atoms with Crippen molar-refractivity contribution in [1.82, 2.24) is 10.2 Å². The number of aryl methyl sites for hydroxylation is 1. The molecular formula is C15H23ClN2. The van der Waals surface area contributed by atoms with E-state index in [1.54, 1.807) is 0 Å². The van der Waals surface area contributed by atoms with Crippen LogP contribution in [-0.4, -0.2) is 37.6 Å². The molecule has 0 spiro atoms. The van der Waals surface area contributed by atoms with E-state index in [0.29, 0.717) is 0 Å². The first-order valence-electron chi connectivity index (χ1n) is 7.02. The van der Waals surface area contributed by atoms with E-state index in [1.807, 2.05) is 12.1 Å². The number of nitrogens with one attached hydrogen (secondary N) is 1. The first-order chi connectivity index (χ1) is 8.84. The summed E-state index contributed by atoms with van der Waals surface area (Å²) in [6.07, 6.45) is 5.12. The van der Waals surface area contributed by atoms with Crippen LogP contribution < -0.4 is 5.32 Å². The second-order valence-electron chi connectivity index (χ2n) is 5.03. The van der Waals surface area contributed by atoms with Gasteiger partial charge in [-0.2, -0.15) is 0 Å². The normalized spacial score (nSPS) is 16.9. The Morgan fingerprint density at radius 1 is 1.00 bits per heavy atom. The number of hydrogen-bond acceptors (Lipinski definition) is 2. The highest BCUT2D eigenvalue weighted by molar-refractivity contribution is 6.30.